The summed E-state index contributed by atoms with van der Waals surface area (Å²) in [5, 5.41) is 9.43. The number of amides is 4. The van der Waals surface area contributed by atoms with E-state index in [1.165, 1.54) is 4.90 Å². The molecule has 6 rings (SSSR count). The summed E-state index contributed by atoms with van der Waals surface area (Å²) in [4.78, 5) is 42.3. The van der Waals surface area contributed by atoms with Crippen LogP contribution in [0.25, 0.3) is 5.65 Å². The van der Waals surface area contributed by atoms with Crippen LogP contribution in [0.4, 0.5) is 13.6 Å². The number of likely N-dealkylation sites (tertiary alicyclic amines) is 1. The highest BCUT2D eigenvalue weighted by molar-refractivity contribution is 6.00. The standard InChI is InChI=1S/C24H22F2N6O3/c25-18-10-31(11-19(18)26)23(34)13-3-1-2-12(6-13)14-7-15(14)16-8-20(30-32-5-4-27-21(16)32)17-9-28-24(35)29-22(17)33/h1-6,8,14-15,17-19H,7,9-11H2,(H2,28,29,33,35)/t14-,15+,17?,18-,19-/m1/s1. The molecule has 2 N–H and O–H groups in total. The normalized spacial score (nSPS) is 28.2. The highest BCUT2D eigenvalue weighted by Crippen LogP contribution is 2.55. The summed E-state index contributed by atoms with van der Waals surface area (Å²) in [6.07, 6.45) is 0.881. The van der Waals surface area contributed by atoms with Crippen molar-refractivity contribution in [2.45, 2.75) is 36.5 Å². The third-order valence-electron chi connectivity index (χ3n) is 7.00. The van der Waals surface area contributed by atoms with E-state index in [1.807, 2.05) is 12.1 Å². The highest BCUT2D eigenvalue weighted by Gasteiger charge is 2.43. The van der Waals surface area contributed by atoms with E-state index in [4.69, 9.17) is 0 Å². The molecule has 1 aliphatic carbocycles. The van der Waals surface area contributed by atoms with Gasteiger partial charge in [-0.25, -0.2) is 23.1 Å². The van der Waals surface area contributed by atoms with Gasteiger partial charge < -0.3 is 10.2 Å². The first kappa shape index (κ1) is 21.6. The number of imide groups is 1. The number of alkyl halides is 2. The summed E-state index contributed by atoms with van der Waals surface area (Å²) in [6, 6.07) is 8.53. The Morgan fingerprint density at radius 2 is 1.89 bits per heavy atom. The summed E-state index contributed by atoms with van der Waals surface area (Å²) in [5.74, 6) is -1.17. The van der Waals surface area contributed by atoms with Crippen molar-refractivity contribution in [1.29, 1.82) is 0 Å². The van der Waals surface area contributed by atoms with Crippen molar-refractivity contribution in [2.75, 3.05) is 19.6 Å². The molecule has 2 aromatic heterocycles. The number of hydrogen-bond donors (Lipinski definition) is 2. The van der Waals surface area contributed by atoms with E-state index in [-0.39, 0.29) is 37.4 Å². The van der Waals surface area contributed by atoms with Crippen LogP contribution in [-0.2, 0) is 4.79 Å². The zero-order valence-corrected chi connectivity index (χ0v) is 18.5. The maximum Gasteiger partial charge on any atom is 0.321 e. The quantitative estimate of drug-likeness (QED) is 0.594. The van der Waals surface area contributed by atoms with Crippen molar-refractivity contribution >= 4 is 23.5 Å². The summed E-state index contributed by atoms with van der Waals surface area (Å²) in [7, 11) is 0. The number of benzene rings is 1. The molecule has 35 heavy (non-hydrogen) atoms. The van der Waals surface area contributed by atoms with Crippen molar-refractivity contribution in [3.05, 3.63) is 65.1 Å². The number of halogens is 2. The number of carbonyl (C=O) groups excluding carboxylic acids is 3. The number of urea groups is 1. The third kappa shape index (κ3) is 3.80. The molecule has 0 spiro atoms. The Balaban J connectivity index is 1.27. The second-order valence-electron chi connectivity index (χ2n) is 9.29. The smallest absolute Gasteiger partial charge is 0.321 e. The molecule has 4 heterocycles. The second-order valence-corrected chi connectivity index (χ2v) is 9.29. The Bertz CT molecular complexity index is 1350. The van der Waals surface area contributed by atoms with Crippen LogP contribution in [0.3, 0.4) is 0 Å². The number of aromatic nitrogens is 3. The van der Waals surface area contributed by atoms with E-state index in [0.29, 0.717) is 16.9 Å². The molecule has 0 radical (unpaired) electrons. The first-order valence-corrected chi connectivity index (χ1v) is 11.5. The summed E-state index contributed by atoms with van der Waals surface area (Å²) < 4.78 is 28.8. The van der Waals surface area contributed by atoms with Gasteiger partial charge in [0.2, 0.25) is 5.91 Å². The molecule has 5 atom stereocenters. The van der Waals surface area contributed by atoms with Gasteiger partial charge in [0, 0.05) is 30.1 Å². The molecule has 1 aromatic carbocycles. The summed E-state index contributed by atoms with van der Waals surface area (Å²) in [6.45, 7) is -0.308. The largest absolute Gasteiger partial charge is 0.337 e. The predicted molar refractivity (Wildman–Crippen MR) is 120 cm³/mol. The van der Waals surface area contributed by atoms with Gasteiger partial charge in [-0.1, -0.05) is 12.1 Å². The molecule has 11 heteroatoms. The molecule has 2 aliphatic heterocycles. The number of rotatable bonds is 4. The molecule has 3 aliphatic rings. The fourth-order valence-electron chi connectivity index (χ4n) is 5.06. The summed E-state index contributed by atoms with van der Waals surface area (Å²) in [5.41, 5.74) is 3.53. The first-order valence-electron chi connectivity index (χ1n) is 11.5. The Morgan fingerprint density at radius 3 is 2.66 bits per heavy atom. The highest BCUT2D eigenvalue weighted by atomic mass is 19.2. The monoisotopic (exact) mass is 480 g/mol. The zero-order chi connectivity index (χ0) is 24.3. The molecule has 180 valence electrons. The van der Waals surface area contributed by atoms with Gasteiger partial charge in [-0.15, -0.1) is 0 Å². The number of carbonyl (C=O) groups is 3. The fourth-order valence-corrected chi connectivity index (χ4v) is 5.06. The molecule has 1 unspecified atom stereocenters. The van der Waals surface area contributed by atoms with E-state index in [9.17, 15) is 23.2 Å². The number of imidazole rings is 1. The first-order chi connectivity index (χ1) is 16.9. The Kier molecular flexibility index (Phi) is 5.01. The lowest BCUT2D eigenvalue weighted by molar-refractivity contribution is -0.122. The zero-order valence-electron chi connectivity index (χ0n) is 18.5. The van der Waals surface area contributed by atoms with E-state index in [0.717, 1.165) is 17.5 Å². The lowest BCUT2D eigenvalue weighted by Gasteiger charge is -2.22. The van der Waals surface area contributed by atoms with Gasteiger partial charge in [0.25, 0.3) is 5.91 Å². The minimum Gasteiger partial charge on any atom is -0.337 e. The minimum absolute atomic E-state index is 0.102. The Morgan fingerprint density at radius 1 is 1.09 bits per heavy atom. The van der Waals surface area contributed by atoms with E-state index in [1.54, 1.807) is 35.1 Å². The van der Waals surface area contributed by atoms with Crippen LogP contribution in [0.1, 0.15) is 51.4 Å². The topological polar surface area (TPSA) is 109 Å². The van der Waals surface area contributed by atoms with Crippen LogP contribution >= 0.6 is 0 Å². The van der Waals surface area contributed by atoms with Gasteiger partial charge in [0.1, 0.15) is 0 Å². The number of hydrogen-bond acceptors (Lipinski definition) is 5. The van der Waals surface area contributed by atoms with E-state index < -0.39 is 30.2 Å². The minimum atomic E-state index is -1.65. The van der Waals surface area contributed by atoms with Gasteiger partial charge in [0.05, 0.1) is 24.7 Å². The lowest BCUT2D eigenvalue weighted by atomic mass is 9.98. The number of nitrogens with zero attached hydrogens (tertiary/aromatic N) is 4. The van der Waals surface area contributed by atoms with Crippen LogP contribution < -0.4 is 10.6 Å². The molecular weight excluding hydrogens is 458 g/mol. The van der Waals surface area contributed by atoms with Gasteiger partial charge in [-0.05, 0) is 42.0 Å². The molecule has 3 fully saturated rings. The third-order valence-corrected chi connectivity index (χ3v) is 7.00. The van der Waals surface area contributed by atoms with Crippen LogP contribution in [0.5, 0.6) is 0 Å². The van der Waals surface area contributed by atoms with E-state index in [2.05, 4.69) is 20.7 Å². The molecule has 2 saturated heterocycles. The Labute approximate surface area is 198 Å². The SMILES string of the molecule is O=C1NCC(c2cc([C@H]3C[C@@H]3c3cccc(C(=O)N4C[C@@H](F)[C@H](F)C4)c3)c3nccn3n2)C(=O)N1. The van der Waals surface area contributed by atoms with E-state index >= 15 is 0 Å². The van der Waals surface area contributed by atoms with Crippen LogP contribution in [0.15, 0.2) is 42.7 Å². The molecule has 9 nitrogen and oxygen atoms in total. The van der Waals surface area contributed by atoms with Crippen LogP contribution in [0.2, 0.25) is 0 Å². The fraction of sp³-hybridized carbons (Fsp3) is 0.375. The molecule has 0 bridgehead atoms. The predicted octanol–water partition coefficient (Wildman–Crippen LogP) is 2.06. The average molecular weight is 480 g/mol. The maximum atomic E-state index is 13.6. The average Bonchev–Trinajstić information content (AvgIpc) is 3.37. The van der Waals surface area contributed by atoms with Crippen molar-refractivity contribution in [3.63, 3.8) is 0 Å². The number of nitrogens with one attached hydrogen (secondary N) is 2. The van der Waals surface area contributed by atoms with Gasteiger partial charge in [0.15, 0.2) is 18.0 Å². The molecule has 3 aromatic rings. The van der Waals surface area contributed by atoms with Gasteiger partial charge in [-0.2, -0.15) is 5.10 Å². The van der Waals surface area contributed by atoms with Crippen molar-refractivity contribution in [2.24, 2.45) is 0 Å². The van der Waals surface area contributed by atoms with Crippen molar-refractivity contribution in [1.82, 2.24) is 30.1 Å². The lowest BCUT2D eigenvalue weighted by Crippen LogP contribution is -2.51. The van der Waals surface area contributed by atoms with Crippen LogP contribution in [-0.4, -0.2) is 69.3 Å². The van der Waals surface area contributed by atoms with Gasteiger partial charge in [-0.3, -0.25) is 14.9 Å². The maximum absolute atomic E-state index is 13.6. The molecular formula is C24H22F2N6O3. The summed E-state index contributed by atoms with van der Waals surface area (Å²) >= 11 is 0. The Hall–Kier alpha value is -3.89. The van der Waals surface area contributed by atoms with Crippen molar-refractivity contribution in [3.8, 4) is 0 Å². The number of fused-ring (bicyclic) bond motifs is 1. The van der Waals surface area contributed by atoms with Gasteiger partial charge >= 0.3 is 6.03 Å². The molecule has 1 saturated carbocycles. The van der Waals surface area contributed by atoms with Crippen molar-refractivity contribution < 1.29 is 23.2 Å². The molecule has 4 amide bonds. The van der Waals surface area contributed by atoms with Crippen LogP contribution in [0, 0.1) is 0 Å². The second kappa shape index (κ2) is 8.10.